The lowest BCUT2D eigenvalue weighted by molar-refractivity contribution is -0.122. The van der Waals surface area contributed by atoms with Crippen LogP contribution < -0.4 is 15.4 Å². The van der Waals surface area contributed by atoms with E-state index in [1.165, 1.54) is 31.4 Å². The summed E-state index contributed by atoms with van der Waals surface area (Å²) in [5.74, 6) is -0.974. The number of aryl methyl sites for hydroxylation is 1. The second-order valence-electron chi connectivity index (χ2n) is 6.14. The highest BCUT2D eigenvalue weighted by atomic mass is 19.1. The Morgan fingerprint density at radius 1 is 1.04 bits per heavy atom. The lowest BCUT2D eigenvalue weighted by atomic mass is 10.2. The molecule has 25 heavy (non-hydrogen) atoms. The average molecular weight is 342 g/mol. The molecular formula is C19H19FN2O3. The van der Waals surface area contributed by atoms with Gasteiger partial charge < -0.3 is 15.4 Å². The number of halogens is 1. The van der Waals surface area contributed by atoms with Crippen LogP contribution in [0.2, 0.25) is 0 Å². The summed E-state index contributed by atoms with van der Waals surface area (Å²) in [5.41, 5.74) is 2.10. The maximum atomic E-state index is 12.9. The molecule has 0 aromatic heterocycles. The number of amides is 2. The van der Waals surface area contributed by atoms with Crippen LogP contribution in [0.4, 0.5) is 15.8 Å². The van der Waals surface area contributed by atoms with Crippen LogP contribution in [-0.4, -0.2) is 18.9 Å². The van der Waals surface area contributed by atoms with Crippen LogP contribution in [0.3, 0.4) is 0 Å². The predicted octanol–water partition coefficient (Wildman–Crippen LogP) is 3.36. The van der Waals surface area contributed by atoms with E-state index in [0.717, 1.165) is 5.56 Å². The number of benzene rings is 2. The van der Waals surface area contributed by atoms with Gasteiger partial charge >= 0.3 is 0 Å². The van der Waals surface area contributed by atoms with Crippen LogP contribution in [0.1, 0.15) is 12.0 Å². The second kappa shape index (κ2) is 6.93. The summed E-state index contributed by atoms with van der Waals surface area (Å²) in [5, 5.41) is 5.53. The maximum absolute atomic E-state index is 12.9. The first-order chi connectivity index (χ1) is 12.0. The molecule has 130 valence electrons. The van der Waals surface area contributed by atoms with Gasteiger partial charge in [-0.3, -0.25) is 9.59 Å². The van der Waals surface area contributed by atoms with Gasteiger partial charge in [-0.2, -0.15) is 0 Å². The standard InChI is InChI=1S/C19H19FN2O3/c1-11-3-8-17(25-2)16(9-11)22-19(24)15-10-14(15)18(23)21-13-6-4-12(20)5-7-13/h3-9,14-15H,10H2,1-2H3,(H,21,23)(H,22,24). The molecule has 0 aliphatic heterocycles. The van der Waals surface area contributed by atoms with E-state index in [9.17, 15) is 14.0 Å². The molecule has 0 heterocycles. The molecule has 1 fully saturated rings. The Hall–Kier alpha value is -2.89. The Bertz CT molecular complexity index is 805. The zero-order chi connectivity index (χ0) is 18.0. The first kappa shape index (κ1) is 17.0. The Kier molecular flexibility index (Phi) is 4.70. The fraction of sp³-hybridized carbons (Fsp3) is 0.263. The molecule has 0 radical (unpaired) electrons. The van der Waals surface area contributed by atoms with Crippen LogP contribution in [0.25, 0.3) is 0 Å². The number of hydrogen-bond donors (Lipinski definition) is 2. The number of ether oxygens (including phenoxy) is 1. The minimum absolute atomic E-state index is 0.205. The van der Waals surface area contributed by atoms with Gasteiger partial charge in [0.2, 0.25) is 11.8 Å². The fourth-order valence-corrected chi connectivity index (χ4v) is 2.69. The van der Waals surface area contributed by atoms with Gasteiger partial charge in [0.1, 0.15) is 11.6 Å². The van der Waals surface area contributed by atoms with Gasteiger partial charge in [-0.25, -0.2) is 4.39 Å². The molecule has 2 aromatic carbocycles. The maximum Gasteiger partial charge on any atom is 0.228 e. The molecular weight excluding hydrogens is 323 g/mol. The molecule has 1 saturated carbocycles. The second-order valence-corrected chi connectivity index (χ2v) is 6.14. The number of carbonyl (C=O) groups excluding carboxylic acids is 2. The van der Waals surface area contributed by atoms with Crippen LogP contribution >= 0.6 is 0 Å². The highest BCUT2D eigenvalue weighted by Gasteiger charge is 2.48. The quantitative estimate of drug-likeness (QED) is 0.875. The Morgan fingerprint density at radius 3 is 2.32 bits per heavy atom. The molecule has 2 unspecified atom stereocenters. The summed E-state index contributed by atoms with van der Waals surface area (Å²) in [4.78, 5) is 24.6. The van der Waals surface area contributed by atoms with Crippen molar-refractivity contribution in [2.45, 2.75) is 13.3 Å². The van der Waals surface area contributed by atoms with E-state index in [4.69, 9.17) is 4.74 Å². The van der Waals surface area contributed by atoms with Crippen molar-refractivity contribution in [3.63, 3.8) is 0 Å². The van der Waals surface area contributed by atoms with Crippen molar-refractivity contribution in [1.82, 2.24) is 0 Å². The lowest BCUT2D eigenvalue weighted by Gasteiger charge is -2.11. The SMILES string of the molecule is COc1ccc(C)cc1NC(=O)C1CC1C(=O)Nc1ccc(F)cc1. The molecule has 0 bridgehead atoms. The van der Waals surface area contributed by atoms with Gasteiger partial charge in [0.05, 0.1) is 24.6 Å². The Morgan fingerprint density at radius 2 is 1.68 bits per heavy atom. The van der Waals surface area contributed by atoms with Gasteiger partial charge in [0, 0.05) is 5.69 Å². The van der Waals surface area contributed by atoms with Crippen molar-refractivity contribution < 1.29 is 18.7 Å². The zero-order valence-electron chi connectivity index (χ0n) is 14.0. The van der Waals surface area contributed by atoms with Crippen molar-refractivity contribution in [3.8, 4) is 5.75 Å². The lowest BCUT2D eigenvalue weighted by Crippen LogP contribution is -2.20. The molecule has 2 aromatic rings. The van der Waals surface area contributed by atoms with E-state index < -0.39 is 0 Å². The van der Waals surface area contributed by atoms with Gasteiger partial charge in [-0.05, 0) is 55.3 Å². The topological polar surface area (TPSA) is 67.4 Å². The summed E-state index contributed by atoms with van der Waals surface area (Å²) >= 11 is 0. The monoisotopic (exact) mass is 342 g/mol. The molecule has 2 amide bonds. The van der Waals surface area contributed by atoms with E-state index in [2.05, 4.69) is 10.6 Å². The van der Waals surface area contributed by atoms with Crippen LogP contribution in [-0.2, 0) is 9.59 Å². The molecule has 2 atom stereocenters. The van der Waals surface area contributed by atoms with Crippen molar-refractivity contribution in [3.05, 3.63) is 53.8 Å². The third kappa shape index (κ3) is 3.96. The van der Waals surface area contributed by atoms with Crippen LogP contribution in [0.15, 0.2) is 42.5 Å². The Balaban J connectivity index is 1.59. The number of hydrogen-bond acceptors (Lipinski definition) is 3. The molecule has 3 rings (SSSR count). The molecule has 5 nitrogen and oxygen atoms in total. The first-order valence-electron chi connectivity index (χ1n) is 8.00. The number of anilines is 2. The minimum atomic E-state index is -0.374. The predicted molar refractivity (Wildman–Crippen MR) is 93.0 cm³/mol. The number of rotatable bonds is 5. The van der Waals surface area contributed by atoms with Crippen molar-refractivity contribution >= 4 is 23.2 Å². The third-order valence-corrected chi connectivity index (χ3v) is 4.19. The molecule has 0 spiro atoms. The summed E-state index contributed by atoms with van der Waals surface area (Å²) in [6.07, 6.45) is 0.493. The molecule has 0 saturated heterocycles. The van der Waals surface area contributed by atoms with Crippen molar-refractivity contribution in [2.24, 2.45) is 11.8 Å². The minimum Gasteiger partial charge on any atom is -0.495 e. The third-order valence-electron chi connectivity index (χ3n) is 4.19. The van der Waals surface area contributed by atoms with Gasteiger partial charge in [-0.15, -0.1) is 0 Å². The van der Waals surface area contributed by atoms with E-state index >= 15 is 0 Å². The van der Waals surface area contributed by atoms with Gasteiger partial charge in [0.25, 0.3) is 0 Å². The number of nitrogens with one attached hydrogen (secondary N) is 2. The van der Waals surface area contributed by atoms with Crippen molar-refractivity contribution in [1.29, 1.82) is 0 Å². The Labute approximate surface area is 145 Å². The van der Waals surface area contributed by atoms with E-state index in [1.807, 2.05) is 19.1 Å². The summed E-state index contributed by atoms with van der Waals surface area (Å²) < 4.78 is 18.1. The molecule has 1 aliphatic carbocycles. The normalized spacial score (nSPS) is 18.4. The summed E-state index contributed by atoms with van der Waals surface area (Å²) in [6, 6.07) is 11.0. The largest absolute Gasteiger partial charge is 0.495 e. The molecule has 2 N–H and O–H groups in total. The van der Waals surface area contributed by atoms with Gasteiger partial charge in [0.15, 0.2) is 0 Å². The highest BCUT2D eigenvalue weighted by molar-refractivity contribution is 6.03. The number of carbonyl (C=O) groups is 2. The van der Waals surface area contributed by atoms with E-state index in [1.54, 1.807) is 6.07 Å². The van der Waals surface area contributed by atoms with Crippen LogP contribution in [0.5, 0.6) is 5.75 Å². The van der Waals surface area contributed by atoms with E-state index in [0.29, 0.717) is 23.5 Å². The van der Waals surface area contributed by atoms with Gasteiger partial charge in [-0.1, -0.05) is 6.07 Å². The summed E-state index contributed by atoms with van der Waals surface area (Å²) in [6.45, 7) is 1.92. The highest BCUT2D eigenvalue weighted by Crippen LogP contribution is 2.41. The van der Waals surface area contributed by atoms with Crippen LogP contribution in [0, 0.1) is 24.6 Å². The first-order valence-corrected chi connectivity index (χ1v) is 8.00. The molecule has 6 heteroatoms. The van der Waals surface area contributed by atoms with Crippen molar-refractivity contribution in [2.75, 3.05) is 17.7 Å². The fourth-order valence-electron chi connectivity index (χ4n) is 2.69. The smallest absolute Gasteiger partial charge is 0.228 e. The molecule has 1 aliphatic rings. The van der Waals surface area contributed by atoms with E-state index in [-0.39, 0.29) is 29.5 Å². The number of methoxy groups -OCH3 is 1. The zero-order valence-corrected chi connectivity index (χ0v) is 14.0. The average Bonchev–Trinajstić information content (AvgIpc) is 3.38. The summed E-state index contributed by atoms with van der Waals surface area (Å²) in [7, 11) is 1.54.